The van der Waals surface area contributed by atoms with Crippen molar-refractivity contribution < 1.29 is 13.9 Å². The first kappa shape index (κ1) is 20.3. The van der Waals surface area contributed by atoms with E-state index in [4.69, 9.17) is 9.15 Å². The van der Waals surface area contributed by atoms with Gasteiger partial charge in [0.1, 0.15) is 11.3 Å². The zero-order chi connectivity index (χ0) is 21.8. The van der Waals surface area contributed by atoms with Crippen LogP contribution in [-0.2, 0) is 11.3 Å². The van der Waals surface area contributed by atoms with E-state index >= 15 is 0 Å². The highest BCUT2D eigenvalue weighted by Crippen LogP contribution is 2.33. The normalized spacial score (nSPS) is 11.8. The summed E-state index contributed by atoms with van der Waals surface area (Å²) in [5.74, 6) is 0.243. The number of benzene rings is 2. The van der Waals surface area contributed by atoms with Gasteiger partial charge in [-0.2, -0.15) is 0 Å². The van der Waals surface area contributed by atoms with E-state index in [-0.39, 0.29) is 5.91 Å². The molecule has 0 radical (unpaired) electrons. The lowest BCUT2D eigenvalue weighted by Crippen LogP contribution is -2.36. The molecule has 2 aromatic carbocycles. The Labute approximate surface area is 179 Å². The summed E-state index contributed by atoms with van der Waals surface area (Å²) < 4.78 is 11.4. The Bertz CT molecular complexity index is 1270. The summed E-state index contributed by atoms with van der Waals surface area (Å²) in [5.41, 5.74) is 3.31. The summed E-state index contributed by atoms with van der Waals surface area (Å²) in [7, 11) is 0. The van der Waals surface area contributed by atoms with E-state index in [0.29, 0.717) is 23.4 Å². The third-order valence-electron chi connectivity index (χ3n) is 5.06. The van der Waals surface area contributed by atoms with E-state index in [1.165, 1.54) is 6.07 Å². The number of aromatic nitrogens is 1. The number of nitrogens with one attached hydrogen (secondary N) is 1. The number of rotatable bonds is 6. The first-order chi connectivity index (χ1) is 15.0. The van der Waals surface area contributed by atoms with E-state index in [9.17, 15) is 9.59 Å². The lowest BCUT2D eigenvalue weighted by molar-refractivity contribution is -0.127. The predicted molar refractivity (Wildman–Crippen MR) is 119 cm³/mol. The van der Waals surface area contributed by atoms with Crippen molar-refractivity contribution in [3.8, 4) is 16.9 Å². The molecule has 1 N–H and O–H groups in total. The standard InChI is InChI=1S/C25H22N2O4/c1-16-22(30-17(2)25(29)27-15-18-7-6-12-26-14-18)11-10-20-21(13-23(28)31-24(16)20)19-8-4-3-5-9-19/h3-14,17H,15H2,1-2H3,(H,27,29)/t17-/m1/s1. The molecule has 0 saturated heterocycles. The molecule has 0 bridgehead atoms. The van der Waals surface area contributed by atoms with Gasteiger partial charge in [-0.3, -0.25) is 9.78 Å². The van der Waals surface area contributed by atoms with Crippen LogP contribution in [0, 0.1) is 6.92 Å². The van der Waals surface area contributed by atoms with E-state index < -0.39 is 11.7 Å². The van der Waals surface area contributed by atoms with Crippen molar-refractivity contribution in [3.05, 3.63) is 94.6 Å². The van der Waals surface area contributed by atoms with E-state index in [0.717, 1.165) is 22.1 Å². The fourth-order valence-corrected chi connectivity index (χ4v) is 3.41. The van der Waals surface area contributed by atoms with E-state index in [1.807, 2.05) is 55.5 Å². The zero-order valence-electron chi connectivity index (χ0n) is 17.3. The molecule has 31 heavy (non-hydrogen) atoms. The second-order valence-corrected chi connectivity index (χ2v) is 7.25. The summed E-state index contributed by atoms with van der Waals surface area (Å²) in [4.78, 5) is 28.7. The molecule has 1 amide bonds. The molecule has 0 aliphatic carbocycles. The quantitative estimate of drug-likeness (QED) is 0.477. The van der Waals surface area contributed by atoms with E-state index in [1.54, 1.807) is 25.4 Å². The molecule has 1 atom stereocenters. The lowest BCUT2D eigenvalue weighted by Gasteiger charge is -2.17. The van der Waals surface area contributed by atoms with Crippen LogP contribution in [0.2, 0.25) is 0 Å². The number of amides is 1. The molecular weight excluding hydrogens is 392 g/mol. The van der Waals surface area contributed by atoms with Crippen LogP contribution >= 0.6 is 0 Å². The molecule has 4 rings (SSSR count). The molecule has 6 nitrogen and oxygen atoms in total. The van der Waals surface area contributed by atoms with Gasteiger partial charge in [0.2, 0.25) is 0 Å². The number of ether oxygens (including phenoxy) is 1. The first-order valence-corrected chi connectivity index (χ1v) is 9.99. The average Bonchev–Trinajstić information content (AvgIpc) is 2.80. The highest BCUT2D eigenvalue weighted by atomic mass is 16.5. The highest BCUT2D eigenvalue weighted by Gasteiger charge is 2.18. The SMILES string of the molecule is Cc1c(O[C@H](C)C(=O)NCc2cccnc2)ccc2c(-c3ccccc3)cc(=O)oc12. The molecule has 0 unspecified atom stereocenters. The Hall–Kier alpha value is -3.93. The fraction of sp³-hybridized carbons (Fsp3) is 0.160. The summed E-state index contributed by atoms with van der Waals surface area (Å²) in [6, 6.07) is 18.5. The largest absolute Gasteiger partial charge is 0.480 e. The molecule has 6 heteroatoms. The van der Waals surface area contributed by atoms with Crippen LogP contribution in [-0.4, -0.2) is 17.0 Å². The van der Waals surface area contributed by atoms with Crippen molar-refractivity contribution in [2.75, 3.05) is 0 Å². The number of nitrogens with zero attached hydrogens (tertiary/aromatic N) is 1. The van der Waals surface area contributed by atoms with Crippen molar-refractivity contribution in [1.29, 1.82) is 0 Å². The second-order valence-electron chi connectivity index (χ2n) is 7.25. The Morgan fingerprint density at radius 3 is 2.68 bits per heavy atom. The van der Waals surface area contributed by atoms with Gasteiger partial charge in [-0.1, -0.05) is 36.4 Å². The van der Waals surface area contributed by atoms with Crippen LogP contribution in [0.1, 0.15) is 18.1 Å². The minimum absolute atomic E-state index is 0.247. The van der Waals surface area contributed by atoms with Gasteiger partial charge >= 0.3 is 5.63 Å². The fourth-order valence-electron chi connectivity index (χ4n) is 3.41. The Morgan fingerprint density at radius 1 is 1.13 bits per heavy atom. The topological polar surface area (TPSA) is 81.4 Å². The molecule has 0 spiro atoms. The van der Waals surface area contributed by atoms with Crippen molar-refractivity contribution in [2.24, 2.45) is 0 Å². The van der Waals surface area contributed by atoms with Gasteiger partial charge in [0.05, 0.1) is 0 Å². The third kappa shape index (κ3) is 4.48. The Balaban J connectivity index is 1.58. The van der Waals surface area contributed by atoms with Gasteiger partial charge < -0.3 is 14.5 Å². The van der Waals surface area contributed by atoms with Gasteiger partial charge in [-0.05, 0) is 48.7 Å². The Kier molecular flexibility index (Phi) is 5.80. The van der Waals surface area contributed by atoms with Crippen LogP contribution in [0.3, 0.4) is 0 Å². The minimum atomic E-state index is -0.725. The minimum Gasteiger partial charge on any atom is -0.480 e. The molecule has 2 heterocycles. The summed E-state index contributed by atoms with van der Waals surface area (Å²) >= 11 is 0. The molecule has 4 aromatic rings. The maximum absolute atomic E-state index is 12.5. The maximum Gasteiger partial charge on any atom is 0.336 e. The number of carbonyl (C=O) groups is 1. The number of aryl methyl sites for hydroxylation is 1. The van der Waals surface area contributed by atoms with Crippen LogP contribution in [0.15, 0.2) is 82.3 Å². The van der Waals surface area contributed by atoms with Crippen molar-refractivity contribution >= 4 is 16.9 Å². The van der Waals surface area contributed by atoms with Crippen molar-refractivity contribution in [1.82, 2.24) is 10.3 Å². The molecule has 0 saturated carbocycles. The van der Waals surface area contributed by atoms with Crippen molar-refractivity contribution in [3.63, 3.8) is 0 Å². The Morgan fingerprint density at radius 2 is 1.94 bits per heavy atom. The van der Waals surface area contributed by atoms with Crippen LogP contribution < -0.4 is 15.7 Å². The average molecular weight is 414 g/mol. The summed E-state index contributed by atoms with van der Waals surface area (Å²) in [5, 5.41) is 3.65. The second kappa shape index (κ2) is 8.83. The van der Waals surface area contributed by atoms with Crippen LogP contribution in [0.4, 0.5) is 0 Å². The maximum atomic E-state index is 12.5. The monoisotopic (exact) mass is 414 g/mol. The number of hydrogen-bond acceptors (Lipinski definition) is 5. The third-order valence-corrected chi connectivity index (χ3v) is 5.06. The van der Waals surface area contributed by atoms with Crippen LogP contribution in [0.5, 0.6) is 5.75 Å². The van der Waals surface area contributed by atoms with Gasteiger partial charge in [-0.25, -0.2) is 4.79 Å². The predicted octanol–water partition coefficient (Wildman–Crippen LogP) is 4.25. The van der Waals surface area contributed by atoms with Gasteiger partial charge in [-0.15, -0.1) is 0 Å². The van der Waals surface area contributed by atoms with E-state index in [2.05, 4.69) is 10.3 Å². The molecule has 2 aromatic heterocycles. The molecular formula is C25H22N2O4. The molecule has 0 fully saturated rings. The molecule has 156 valence electrons. The molecule has 0 aliphatic heterocycles. The van der Waals surface area contributed by atoms with Crippen LogP contribution in [0.25, 0.3) is 22.1 Å². The number of fused-ring (bicyclic) bond motifs is 1. The smallest absolute Gasteiger partial charge is 0.336 e. The van der Waals surface area contributed by atoms with Gasteiger partial charge in [0, 0.05) is 36.0 Å². The van der Waals surface area contributed by atoms with Crippen molar-refractivity contribution in [2.45, 2.75) is 26.5 Å². The summed E-state index contributed by atoms with van der Waals surface area (Å²) in [6.07, 6.45) is 2.66. The number of hydrogen-bond donors (Lipinski definition) is 1. The molecule has 0 aliphatic rings. The summed E-state index contributed by atoms with van der Waals surface area (Å²) in [6.45, 7) is 3.86. The first-order valence-electron chi connectivity index (χ1n) is 9.99. The zero-order valence-corrected chi connectivity index (χ0v) is 17.3. The highest BCUT2D eigenvalue weighted by molar-refractivity contribution is 5.95. The number of pyridine rings is 1. The van der Waals surface area contributed by atoms with Gasteiger partial charge in [0.25, 0.3) is 5.91 Å². The lowest BCUT2D eigenvalue weighted by atomic mass is 10.00. The van der Waals surface area contributed by atoms with Gasteiger partial charge in [0.15, 0.2) is 6.10 Å². The number of carbonyl (C=O) groups excluding carboxylic acids is 1.